The van der Waals surface area contributed by atoms with Gasteiger partial charge in [-0.05, 0) is 18.6 Å². The van der Waals surface area contributed by atoms with Gasteiger partial charge >= 0.3 is 0 Å². The van der Waals surface area contributed by atoms with Crippen LogP contribution in [0.25, 0.3) is 0 Å². The van der Waals surface area contributed by atoms with Crippen LogP contribution in [0, 0.1) is 11.8 Å². The van der Waals surface area contributed by atoms with E-state index in [0.29, 0.717) is 37.7 Å². The van der Waals surface area contributed by atoms with Crippen LogP contribution >= 0.6 is 0 Å². The Kier molecular flexibility index (Phi) is 8.16. The molecule has 9 heteroatoms. The summed E-state index contributed by atoms with van der Waals surface area (Å²) in [5.74, 6) is 6.24. The van der Waals surface area contributed by atoms with Gasteiger partial charge in [0.15, 0.2) is 0 Å². The van der Waals surface area contributed by atoms with E-state index in [1.165, 1.54) is 6.26 Å². The van der Waals surface area contributed by atoms with Crippen LogP contribution in [0.2, 0.25) is 0 Å². The highest BCUT2D eigenvalue weighted by Gasteiger charge is 2.36. The number of hydroxylamine groups is 2. The molecule has 1 aliphatic rings. The second-order valence-electron chi connectivity index (χ2n) is 7.48. The first-order valence-electron chi connectivity index (χ1n) is 9.95. The maximum absolute atomic E-state index is 13.5. The molecule has 2 N–H and O–H groups in total. The molecule has 1 fully saturated rings. The van der Waals surface area contributed by atoms with Gasteiger partial charge in [0.1, 0.15) is 11.9 Å². The predicted molar refractivity (Wildman–Crippen MR) is 115 cm³/mol. The van der Waals surface area contributed by atoms with Crippen LogP contribution < -0.4 is 4.90 Å². The van der Waals surface area contributed by atoms with Gasteiger partial charge in [-0.2, -0.15) is 4.21 Å². The molecule has 0 radical (unpaired) electrons. The maximum atomic E-state index is 13.5. The van der Waals surface area contributed by atoms with Crippen molar-refractivity contribution >= 4 is 21.8 Å². The van der Waals surface area contributed by atoms with Crippen LogP contribution in [0.3, 0.4) is 0 Å². The van der Waals surface area contributed by atoms with E-state index in [2.05, 4.69) is 28.6 Å². The van der Waals surface area contributed by atoms with Crippen molar-refractivity contribution in [3.8, 4) is 11.8 Å². The third kappa shape index (κ3) is 6.78. The first-order valence-corrected chi connectivity index (χ1v) is 12.4. The number of carbonyl (C=O) groups is 1. The Balaban J connectivity index is 2.05. The van der Waals surface area contributed by atoms with Gasteiger partial charge in [0.2, 0.25) is 6.41 Å². The Morgan fingerprint density at radius 1 is 1.31 bits per heavy atom. The number of rotatable bonds is 9. The first kappa shape index (κ1) is 23.3. The fraction of sp³-hybridized carbons (Fsp3) is 0.600. The SMILES string of the molecule is CCCCCC#CC(CS(C)(=O)(O)N1CCN(c2ccccn2)CC1)N(O)C=O. The minimum absolute atomic E-state index is 0.229. The van der Waals surface area contributed by atoms with Gasteiger partial charge in [-0.1, -0.05) is 31.8 Å². The highest BCUT2D eigenvalue weighted by Crippen LogP contribution is 2.27. The number of hydrogen-bond acceptors (Lipinski definition) is 5. The quantitative estimate of drug-likeness (QED) is 0.206. The van der Waals surface area contributed by atoms with Crippen molar-refractivity contribution in [3.63, 3.8) is 0 Å². The molecule has 1 aromatic heterocycles. The second kappa shape index (κ2) is 10.2. The van der Waals surface area contributed by atoms with Crippen LogP contribution in [0.15, 0.2) is 24.4 Å². The van der Waals surface area contributed by atoms with E-state index in [1.807, 2.05) is 18.2 Å². The number of unbranched alkanes of at least 4 members (excludes halogenated alkanes) is 3. The molecule has 1 unspecified atom stereocenters. The van der Waals surface area contributed by atoms with Gasteiger partial charge in [-0.3, -0.25) is 14.6 Å². The number of hydrogen-bond donors (Lipinski definition) is 2. The zero-order valence-electron chi connectivity index (χ0n) is 17.2. The summed E-state index contributed by atoms with van der Waals surface area (Å²) in [5.41, 5.74) is 0. The molecule has 2 heterocycles. The number of pyridine rings is 1. The van der Waals surface area contributed by atoms with Crippen molar-refractivity contribution in [3.05, 3.63) is 24.4 Å². The van der Waals surface area contributed by atoms with Crippen LogP contribution in [0.5, 0.6) is 0 Å². The number of carbonyl (C=O) groups excluding carboxylic acids is 1. The van der Waals surface area contributed by atoms with E-state index >= 15 is 0 Å². The molecule has 1 amide bonds. The van der Waals surface area contributed by atoms with E-state index in [0.717, 1.165) is 25.1 Å². The van der Waals surface area contributed by atoms with E-state index in [1.54, 1.807) is 10.5 Å². The molecule has 1 aliphatic heterocycles. The average Bonchev–Trinajstić information content (AvgIpc) is 2.72. The topological polar surface area (TPSA) is 97.2 Å². The van der Waals surface area contributed by atoms with Gasteiger partial charge in [0, 0.05) is 45.1 Å². The van der Waals surface area contributed by atoms with Gasteiger partial charge < -0.3 is 4.90 Å². The summed E-state index contributed by atoms with van der Waals surface area (Å²) in [6, 6.07) is 4.64. The minimum atomic E-state index is -4.28. The Bertz CT molecular complexity index is 779. The lowest BCUT2D eigenvalue weighted by Crippen LogP contribution is -2.61. The van der Waals surface area contributed by atoms with E-state index < -0.39 is 15.6 Å². The predicted octanol–water partition coefficient (Wildman–Crippen LogP) is 1.84. The van der Waals surface area contributed by atoms with Crippen LogP contribution in [-0.4, -0.2) is 79.0 Å². The third-order valence-corrected chi connectivity index (χ3v) is 7.79. The molecule has 0 bridgehead atoms. The van der Waals surface area contributed by atoms with E-state index in [9.17, 15) is 18.8 Å². The lowest BCUT2D eigenvalue weighted by Gasteiger charge is -2.52. The van der Waals surface area contributed by atoms with Crippen molar-refractivity contribution < 1.29 is 18.8 Å². The van der Waals surface area contributed by atoms with Crippen LogP contribution in [-0.2, 0) is 14.3 Å². The van der Waals surface area contributed by atoms with Gasteiger partial charge in [-0.25, -0.2) is 14.4 Å². The molecule has 162 valence electrons. The molecule has 0 saturated carbocycles. The highest BCUT2D eigenvalue weighted by atomic mass is 32.3. The van der Waals surface area contributed by atoms with E-state index in [-0.39, 0.29) is 12.2 Å². The third-order valence-electron chi connectivity index (χ3n) is 5.02. The molecule has 2 rings (SSSR count). The minimum Gasteiger partial charge on any atom is -0.354 e. The number of aromatic nitrogens is 1. The summed E-state index contributed by atoms with van der Waals surface area (Å²) >= 11 is 0. The lowest BCUT2D eigenvalue weighted by atomic mass is 10.2. The number of anilines is 1. The summed E-state index contributed by atoms with van der Waals surface area (Å²) in [5, 5.41) is 10.3. The Morgan fingerprint density at radius 3 is 2.62 bits per heavy atom. The van der Waals surface area contributed by atoms with Gasteiger partial charge in [0.05, 0.1) is 5.75 Å². The fourth-order valence-electron chi connectivity index (χ4n) is 3.31. The molecule has 0 aromatic carbocycles. The molecule has 1 aromatic rings. The standard InChI is InChI=1S/C20H32N4O4S/c1-3-4-5-6-7-10-19(24(26)18-25)17-29(2,27,28)23-15-13-22(14-16-23)20-11-8-9-12-21-20/h8-9,11-12,18-19,26H,3-6,13-17H2,1-2H3,(H,27,28). The lowest BCUT2D eigenvalue weighted by molar-refractivity contribution is -0.153. The van der Waals surface area contributed by atoms with Crippen molar-refractivity contribution in [1.82, 2.24) is 14.4 Å². The van der Waals surface area contributed by atoms with Crippen LogP contribution in [0.1, 0.15) is 32.6 Å². The largest absolute Gasteiger partial charge is 0.354 e. The monoisotopic (exact) mass is 424 g/mol. The molecular weight excluding hydrogens is 392 g/mol. The molecule has 29 heavy (non-hydrogen) atoms. The maximum Gasteiger partial charge on any atom is 0.234 e. The van der Waals surface area contributed by atoms with Crippen molar-refractivity contribution in [1.29, 1.82) is 0 Å². The summed E-state index contributed by atoms with van der Waals surface area (Å²) in [4.78, 5) is 17.4. The Labute approximate surface area is 173 Å². The second-order valence-corrected chi connectivity index (χ2v) is 11.2. The van der Waals surface area contributed by atoms with Crippen molar-refractivity contribution in [2.45, 2.75) is 38.6 Å². The van der Waals surface area contributed by atoms with Gasteiger partial charge in [-0.15, -0.1) is 15.5 Å². The Morgan fingerprint density at radius 2 is 2.03 bits per heavy atom. The first-order chi connectivity index (χ1) is 13.7. The zero-order chi connectivity index (χ0) is 21.4. The zero-order valence-corrected chi connectivity index (χ0v) is 18.1. The average molecular weight is 425 g/mol. The van der Waals surface area contributed by atoms with E-state index in [4.69, 9.17) is 0 Å². The molecule has 8 nitrogen and oxygen atoms in total. The highest BCUT2D eigenvalue weighted by molar-refractivity contribution is 8.12. The Hall–Kier alpha value is -1.99. The number of piperazine rings is 1. The molecule has 1 saturated heterocycles. The van der Waals surface area contributed by atoms with Crippen LogP contribution in [0.4, 0.5) is 5.82 Å². The fourth-order valence-corrected chi connectivity index (χ4v) is 5.58. The number of amides is 1. The molecular formula is C20H32N4O4S. The molecule has 0 aliphatic carbocycles. The van der Waals surface area contributed by atoms with Gasteiger partial charge in [0.25, 0.3) is 0 Å². The summed E-state index contributed by atoms with van der Waals surface area (Å²) < 4.78 is 26.1. The molecule has 0 spiro atoms. The smallest absolute Gasteiger partial charge is 0.234 e. The van der Waals surface area contributed by atoms with Crippen molar-refractivity contribution in [2.24, 2.45) is 0 Å². The summed E-state index contributed by atoms with van der Waals surface area (Å²) in [6.45, 7) is 3.96. The summed E-state index contributed by atoms with van der Waals surface area (Å²) in [6.07, 6.45) is 6.90. The molecule has 1 atom stereocenters. The normalized spacial score (nSPS) is 17.5. The number of nitrogens with zero attached hydrogens (tertiary/aromatic N) is 4. The van der Waals surface area contributed by atoms with Crippen molar-refractivity contribution in [2.75, 3.05) is 43.1 Å². The summed E-state index contributed by atoms with van der Waals surface area (Å²) in [7, 11) is -4.28.